The number of carbonyl (C=O) groups excluding carboxylic acids is 1. The highest BCUT2D eigenvalue weighted by Crippen LogP contribution is 2.19. The van der Waals surface area contributed by atoms with Gasteiger partial charge in [0.25, 0.3) is 5.91 Å². The molecular weight excluding hydrogens is 276 g/mol. The molecule has 1 rings (SSSR count). The molecule has 2 N–H and O–H groups in total. The highest BCUT2D eigenvalue weighted by molar-refractivity contribution is 7.89. The van der Waals surface area contributed by atoms with Crippen LogP contribution in [0.25, 0.3) is 0 Å². The fraction of sp³-hybridized carbons (Fsp3) is 0.500. The molecule has 0 aliphatic carbocycles. The minimum Gasteiger partial charge on any atom is -0.341 e. The second-order valence-corrected chi connectivity index (χ2v) is 7.81. The maximum absolute atomic E-state index is 12.3. The molecular formula is C14H22N2O3S. The van der Waals surface area contributed by atoms with E-state index in [2.05, 4.69) is 0 Å². The lowest BCUT2D eigenvalue weighted by atomic mass is 9.96. The van der Waals surface area contributed by atoms with Crippen LogP contribution in [0.5, 0.6) is 0 Å². The SMILES string of the molecule is Cc1cc(S(N)(=O)=O)ccc1C(=O)N(C)CC(C)(C)C. The summed E-state index contributed by atoms with van der Waals surface area (Å²) in [5, 5.41) is 5.07. The zero-order valence-corrected chi connectivity index (χ0v) is 13.4. The summed E-state index contributed by atoms with van der Waals surface area (Å²) < 4.78 is 22.5. The third kappa shape index (κ3) is 4.31. The first-order chi connectivity index (χ1) is 8.92. The Balaban J connectivity index is 3.07. The van der Waals surface area contributed by atoms with E-state index in [0.717, 1.165) is 0 Å². The number of nitrogens with zero attached hydrogens (tertiary/aromatic N) is 1. The van der Waals surface area contributed by atoms with Gasteiger partial charge in [-0.1, -0.05) is 20.8 Å². The molecule has 0 radical (unpaired) electrons. The van der Waals surface area contributed by atoms with Crippen molar-refractivity contribution in [3.63, 3.8) is 0 Å². The van der Waals surface area contributed by atoms with Gasteiger partial charge >= 0.3 is 0 Å². The first kappa shape index (κ1) is 16.7. The predicted molar refractivity (Wildman–Crippen MR) is 79.0 cm³/mol. The van der Waals surface area contributed by atoms with Crippen molar-refractivity contribution in [3.8, 4) is 0 Å². The van der Waals surface area contributed by atoms with Crippen LogP contribution in [0.1, 0.15) is 36.7 Å². The Morgan fingerprint density at radius 3 is 2.25 bits per heavy atom. The van der Waals surface area contributed by atoms with Gasteiger partial charge < -0.3 is 4.90 Å². The van der Waals surface area contributed by atoms with Crippen LogP contribution in [0, 0.1) is 12.3 Å². The molecule has 0 aliphatic heterocycles. The van der Waals surface area contributed by atoms with Gasteiger partial charge in [-0.25, -0.2) is 13.6 Å². The maximum Gasteiger partial charge on any atom is 0.253 e. The molecule has 5 nitrogen and oxygen atoms in total. The standard InChI is InChI=1S/C14H22N2O3S/c1-10-8-11(20(15,18)19)6-7-12(10)13(17)16(5)9-14(2,3)4/h6-8H,9H2,1-5H3,(H2,15,18,19). The molecule has 1 amide bonds. The Kier molecular flexibility index (Phi) is 4.61. The van der Waals surface area contributed by atoms with Crippen molar-refractivity contribution in [2.24, 2.45) is 10.6 Å². The normalized spacial score (nSPS) is 12.3. The van der Waals surface area contributed by atoms with Crippen LogP contribution < -0.4 is 5.14 Å². The van der Waals surface area contributed by atoms with Crippen molar-refractivity contribution in [3.05, 3.63) is 29.3 Å². The number of sulfonamides is 1. The summed E-state index contributed by atoms with van der Waals surface area (Å²) in [4.78, 5) is 14.0. The summed E-state index contributed by atoms with van der Waals surface area (Å²) in [6, 6.07) is 4.30. The van der Waals surface area contributed by atoms with Gasteiger partial charge in [-0.3, -0.25) is 4.79 Å². The molecule has 0 saturated carbocycles. The minimum absolute atomic E-state index is 0.00114. The molecule has 0 spiro atoms. The van der Waals surface area contributed by atoms with Crippen molar-refractivity contribution in [2.75, 3.05) is 13.6 Å². The molecule has 1 aromatic rings. The Morgan fingerprint density at radius 1 is 1.30 bits per heavy atom. The van der Waals surface area contributed by atoms with Crippen LogP contribution >= 0.6 is 0 Å². The lowest BCUT2D eigenvalue weighted by molar-refractivity contribution is 0.0745. The van der Waals surface area contributed by atoms with Crippen molar-refractivity contribution in [1.82, 2.24) is 4.90 Å². The van der Waals surface area contributed by atoms with E-state index in [1.807, 2.05) is 20.8 Å². The van der Waals surface area contributed by atoms with Gasteiger partial charge in [-0.2, -0.15) is 0 Å². The molecule has 0 atom stereocenters. The van der Waals surface area contributed by atoms with Crippen molar-refractivity contribution in [1.29, 1.82) is 0 Å². The number of amides is 1. The summed E-state index contributed by atoms with van der Waals surface area (Å²) in [6.45, 7) is 8.46. The molecule has 0 aliphatic rings. The van der Waals surface area contributed by atoms with Crippen LogP contribution in [0.3, 0.4) is 0 Å². The summed E-state index contributed by atoms with van der Waals surface area (Å²) in [7, 11) is -2.01. The summed E-state index contributed by atoms with van der Waals surface area (Å²) in [5.41, 5.74) is 1.09. The zero-order valence-electron chi connectivity index (χ0n) is 12.6. The van der Waals surface area contributed by atoms with E-state index in [9.17, 15) is 13.2 Å². The monoisotopic (exact) mass is 298 g/mol. The molecule has 112 valence electrons. The first-order valence-corrected chi connectivity index (χ1v) is 7.85. The number of nitrogens with two attached hydrogens (primary N) is 1. The molecule has 20 heavy (non-hydrogen) atoms. The molecule has 0 unspecified atom stereocenters. The van der Waals surface area contributed by atoms with E-state index in [1.54, 1.807) is 18.9 Å². The number of primary sulfonamides is 1. The molecule has 6 heteroatoms. The number of rotatable bonds is 3. The summed E-state index contributed by atoms with van der Waals surface area (Å²) in [5.74, 6) is -0.126. The summed E-state index contributed by atoms with van der Waals surface area (Å²) in [6.07, 6.45) is 0. The lowest BCUT2D eigenvalue weighted by Crippen LogP contribution is -2.34. The van der Waals surface area contributed by atoms with E-state index in [0.29, 0.717) is 17.7 Å². The van der Waals surface area contributed by atoms with Crippen LogP contribution in [0.4, 0.5) is 0 Å². The third-order valence-electron chi connectivity index (χ3n) is 2.82. The van der Waals surface area contributed by atoms with Crippen molar-refractivity contribution in [2.45, 2.75) is 32.6 Å². The fourth-order valence-electron chi connectivity index (χ4n) is 2.04. The Hall–Kier alpha value is -1.40. The van der Waals surface area contributed by atoms with Crippen LogP contribution in [0.15, 0.2) is 23.1 Å². The van der Waals surface area contributed by atoms with Crippen LogP contribution in [0.2, 0.25) is 0 Å². The predicted octanol–water partition coefficient (Wildman–Crippen LogP) is 1.76. The molecule has 1 aromatic carbocycles. The molecule has 0 heterocycles. The van der Waals surface area contributed by atoms with Crippen LogP contribution in [-0.2, 0) is 10.0 Å². The minimum atomic E-state index is -3.74. The highest BCUT2D eigenvalue weighted by atomic mass is 32.2. The number of hydrogen-bond donors (Lipinski definition) is 1. The van der Waals surface area contributed by atoms with Crippen LogP contribution in [-0.4, -0.2) is 32.8 Å². The van der Waals surface area contributed by atoms with Crippen molar-refractivity contribution >= 4 is 15.9 Å². The molecule has 0 bridgehead atoms. The van der Waals surface area contributed by atoms with Crippen molar-refractivity contribution < 1.29 is 13.2 Å². The van der Waals surface area contributed by atoms with Gasteiger partial charge in [-0.15, -0.1) is 0 Å². The van der Waals surface area contributed by atoms with Gasteiger partial charge in [0.05, 0.1) is 4.90 Å². The van der Waals surface area contributed by atoms with E-state index in [4.69, 9.17) is 5.14 Å². The van der Waals surface area contributed by atoms with E-state index in [-0.39, 0.29) is 16.2 Å². The quantitative estimate of drug-likeness (QED) is 0.923. The van der Waals surface area contributed by atoms with Gasteiger partial charge in [0.15, 0.2) is 0 Å². The number of aryl methyl sites for hydroxylation is 1. The van der Waals surface area contributed by atoms with Gasteiger partial charge in [0.2, 0.25) is 10.0 Å². The average molecular weight is 298 g/mol. The molecule has 0 saturated heterocycles. The third-order valence-corrected chi connectivity index (χ3v) is 3.73. The number of hydrogen-bond acceptors (Lipinski definition) is 3. The lowest BCUT2D eigenvalue weighted by Gasteiger charge is -2.27. The number of carbonyl (C=O) groups is 1. The zero-order chi connectivity index (χ0) is 15.7. The topological polar surface area (TPSA) is 80.5 Å². The smallest absolute Gasteiger partial charge is 0.253 e. The Labute approximate surface area is 120 Å². The van der Waals surface area contributed by atoms with E-state index < -0.39 is 10.0 Å². The Morgan fingerprint density at radius 2 is 1.85 bits per heavy atom. The second-order valence-electron chi connectivity index (χ2n) is 6.24. The first-order valence-electron chi connectivity index (χ1n) is 6.31. The largest absolute Gasteiger partial charge is 0.341 e. The number of benzene rings is 1. The van der Waals surface area contributed by atoms with E-state index in [1.165, 1.54) is 18.2 Å². The van der Waals surface area contributed by atoms with E-state index >= 15 is 0 Å². The van der Waals surface area contributed by atoms with Gasteiger partial charge in [0, 0.05) is 19.2 Å². The molecule has 0 fully saturated rings. The average Bonchev–Trinajstić information content (AvgIpc) is 2.24. The fourth-order valence-corrected chi connectivity index (χ4v) is 2.64. The van der Waals surface area contributed by atoms with Gasteiger partial charge in [-0.05, 0) is 36.1 Å². The summed E-state index contributed by atoms with van der Waals surface area (Å²) >= 11 is 0. The molecule has 0 aromatic heterocycles. The maximum atomic E-state index is 12.3. The Bertz CT molecular complexity index is 616. The second kappa shape index (κ2) is 5.54. The highest BCUT2D eigenvalue weighted by Gasteiger charge is 2.21. The van der Waals surface area contributed by atoms with Gasteiger partial charge in [0.1, 0.15) is 0 Å².